The van der Waals surface area contributed by atoms with E-state index in [1.165, 1.54) is 10.1 Å². The highest BCUT2D eigenvalue weighted by molar-refractivity contribution is 9.11. The second-order valence-corrected chi connectivity index (χ2v) is 5.74. The quantitative estimate of drug-likeness (QED) is 0.590. The van der Waals surface area contributed by atoms with Crippen molar-refractivity contribution in [3.05, 3.63) is 22.2 Å². The molecule has 0 saturated carbocycles. The van der Waals surface area contributed by atoms with E-state index in [-0.39, 0.29) is 5.54 Å². The molecule has 2 aliphatic rings. The molecule has 0 radical (unpaired) electrons. The van der Waals surface area contributed by atoms with Crippen LogP contribution in [0.1, 0.15) is 27.7 Å². The molecule has 2 heteroatoms. The summed E-state index contributed by atoms with van der Waals surface area (Å²) in [6, 6.07) is 1.02. The third-order valence-electron chi connectivity index (χ3n) is 2.93. The van der Waals surface area contributed by atoms with Gasteiger partial charge >= 0.3 is 0 Å². The first-order chi connectivity index (χ1) is 5.93. The van der Waals surface area contributed by atoms with E-state index >= 15 is 0 Å². The third kappa shape index (κ3) is 1.23. The van der Waals surface area contributed by atoms with Crippen LogP contribution in [0.25, 0.3) is 0 Å². The van der Waals surface area contributed by atoms with E-state index in [9.17, 15) is 0 Å². The predicted molar refractivity (Wildman–Crippen MR) is 59.9 cm³/mol. The van der Waals surface area contributed by atoms with E-state index in [4.69, 9.17) is 0 Å². The van der Waals surface area contributed by atoms with Crippen LogP contribution in [0.5, 0.6) is 0 Å². The number of nitrogens with zero attached hydrogens (tertiary/aromatic N) is 1. The normalized spacial score (nSPS) is 33.6. The summed E-state index contributed by atoms with van der Waals surface area (Å²) in [5.41, 5.74) is 1.72. The fourth-order valence-electron chi connectivity index (χ4n) is 2.34. The molecule has 0 fully saturated rings. The van der Waals surface area contributed by atoms with Gasteiger partial charge in [0.1, 0.15) is 0 Å². The van der Waals surface area contributed by atoms with Gasteiger partial charge in [-0.05, 0) is 33.3 Å². The zero-order chi connectivity index (χ0) is 9.80. The Hall–Kier alpha value is -0.0800. The Morgan fingerprint density at radius 3 is 2.08 bits per heavy atom. The molecule has 72 valence electrons. The van der Waals surface area contributed by atoms with Gasteiger partial charge in [0.15, 0.2) is 0 Å². The molecule has 2 bridgehead atoms. The van der Waals surface area contributed by atoms with Crippen LogP contribution in [0, 0.1) is 0 Å². The Bertz CT molecular complexity index is 274. The molecule has 0 amide bonds. The summed E-state index contributed by atoms with van der Waals surface area (Å²) in [5.74, 6) is 0. The Morgan fingerprint density at radius 1 is 1.23 bits per heavy atom. The van der Waals surface area contributed by atoms with E-state index in [2.05, 4.69) is 60.7 Å². The average molecular weight is 242 g/mol. The number of fused-ring (bicyclic) bond motifs is 2. The largest absolute Gasteiger partial charge is 0.277 e. The van der Waals surface area contributed by atoms with E-state index in [1.54, 1.807) is 0 Å². The molecule has 13 heavy (non-hydrogen) atoms. The fourth-order valence-corrected chi connectivity index (χ4v) is 2.95. The van der Waals surface area contributed by atoms with Gasteiger partial charge in [-0.2, -0.15) is 0 Å². The lowest BCUT2D eigenvalue weighted by molar-refractivity contribution is 0.134. The van der Waals surface area contributed by atoms with Crippen LogP contribution >= 0.6 is 15.9 Å². The maximum absolute atomic E-state index is 3.68. The second kappa shape index (κ2) is 2.71. The molecule has 2 aliphatic heterocycles. The molecule has 2 heterocycles. The molecule has 0 N–H and O–H groups in total. The Labute approximate surface area is 88.6 Å². The predicted octanol–water partition coefficient (Wildman–Crippen LogP) is 3.08. The van der Waals surface area contributed by atoms with Gasteiger partial charge in [0.2, 0.25) is 0 Å². The van der Waals surface area contributed by atoms with Crippen LogP contribution in [-0.2, 0) is 0 Å². The highest BCUT2D eigenvalue weighted by Crippen LogP contribution is 2.43. The molecular formula is C11H16BrN. The topological polar surface area (TPSA) is 3.24 Å². The van der Waals surface area contributed by atoms with E-state index in [0.29, 0.717) is 12.1 Å². The van der Waals surface area contributed by atoms with Crippen molar-refractivity contribution in [2.75, 3.05) is 0 Å². The van der Waals surface area contributed by atoms with E-state index in [1.807, 2.05) is 0 Å². The standard InChI is InChI=1S/C11H16BrN/c1-7-8-5-6-9(10(7)12)13(8)11(2,3)4/h5-6,8-9H,1-4H3. The highest BCUT2D eigenvalue weighted by Gasteiger charge is 2.44. The Morgan fingerprint density at radius 2 is 1.77 bits per heavy atom. The molecule has 0 aromatic heterocycles. The summed E-state index contributed by atoms with van der Waals surface area (Å²) in [4.78, 5) is 2.55. The first kappa shape index (κ1) is 9.47. The Balaban J connectivity index is 2.34. The number of rotatable bonds is 0. The van der Waals surface area contributed by atoms with Crippen LogP contribution in [0.15, 0.2) is 22.2 Å². The summed E-state index contributed by atoms with van der Waals surface area (Å²) in [6.07, 6.45) is 4.61. The molecule has 2 unspecified atom stereocenters. The van der Waals surface area contributed by atoms with Crippen LogP contribution < -0.4 is 0 Å². The number of halogens is 1. The molecule has 2 rings (SSSR count). The smallest absolute Gasteiger partial charge is 0.0611 e. The van der Waals surface area contributed by atoms with Crippen molar-refractivity contribution in [2.24, 2.45) is 0 Å². The van der Waals surface area contributed by atoms with Crippen molar-refractivity contribution in [3.63, 3.8) is 0 Å². The molecule has 0 aliphatic carbocycles. The number of hydrogen-bond donors (Lipinski definition) is 0. The summed E-state index contributed by atoms with van der Waals surface area (Å²) < 4.78 is 1.37. The molecule has 2 atom stereocenters. The zero-order valence-electron chi connectivity index (χ0n) is 8.63. The monoisotopic (exact) mass is 241 g/mol. The van der Waals surface area contributed by atoms with Crippen LogP contribution in [0.3, 0.4) is 0 Å². The summed E-state index contributed by atoms with van der Waals surface area (Å²) in [6.45, 7) is 9.05. The van der Waals surface area contributed by atoms with Gasteiger partial charge in [0.25, 0.3) is 0 Å². The molecule has 0 aromatic carbocycles. The van der Waals surface area contributed by atoms with Crippen molar-refractivity contribution in [2.45, 2.75) is 45.3 Å². The summed E-state index contributed by atoms with van der Waals surface area (Å²) in [7, 11) is 0. The number of hydrogen-bond acceptors (Lipinski definition) is 1. The zero-order valence-corrected chi connectivity index (χ0v) is 10.2. The highest BCUT2D eigenvalue weighted by atomic mass is 79.9. The molecule has 0 saturated heterocycles. The lowest BCUT2D eigenvalue weighted by Gasteiger charge is -2.37. The fraction of sp³-hybridized carbons (Fsp3) is 0.636. The maximum atomic E-state index is 3.68. The van der Waals surface area contributed by atoms with Gasteiger partial charge in [-0.1, -0.05) is 28.1 Å². The first-order valence-electron chi connectivity index (χ1n) is 4.76. The Kier molecular flexibility index (Phi) is 1.97. The van der Waals surface area contributed by atoms with Crippen LogP contribution in [0.4, 0.5) is 0 Å². The summed E-state index contributed by atoms with van der Waals surface area (Å²) in [5, 5.41) is 0. The lowest BCUT2D eigenvalue weighted by atomic mass is 10.0. The van der Waals surface area contributed by atoms with E-state index < -0.39 is 0 Å². The maximum Gasteiger partial charge on any atom is 0.0611 e. The van der Waals surface area contributed by atoms with Crippen molar-refractivity contribution in [3.8, 4) is 0 Å². The van der Waals surface area contributed by atoms with Gasteiger partial charge in [0, 0.05) is 10.0 Å². The lowest BCUT2D eigenvalue weighted by Crippen LogP contribution is -2.46. The first-order valence-corrected chi connectivity index (χ1v) is 5.55. The van der Waals surface area contributed by atoms with Crippen molar-refractivity contribution in [1.82, 2.24) is 4.90 Å². The minimum Gasteiger partial charge on any atom is -0.277 e. The van der Waals surface area contributed by atoms with Crippen molar-refractivity contribution < 1.29 is 0 Å². The molecular weight excluding hydrogens is 226 g/mol. The van der Waals surface area contributed by atoms with Crippen molar-refractivity contribution in [1.29, 1.82) is 0 Å². The van der Waals surface area contributed by atoms with Crippen LogP contribution in [0.2, 0.25) is 0 Å². The SMILES string of the molecule is CC1=C(Br)C2C=CC1N2C(C)(C)C. The van der Waals surface area contributed by atoms with Crippen LogP contribution in [-0.4, -0.2) is 22.5 Å². The van der Waals surface area contributed by atoms with Gasteiger partial charge in [-0.15, -0.1) is 0 Å². The second-order valence-electron chi connectivity index (χ2n) is 4.88. The molecule has 0 spiro atoms. The minimum absolute atomic E-state index is 0.246. The third-order valence-corrected chi connectivity index (χ3v) is 4.02. The van der Waals surface area contributed by atoms with Gasteiger partial charge in [0.05, 0.1) is 12.1 Å². The molecule has 0 aromatic rings. The van der Waals surface area contributed by atoms with E-state index in [0.717, 1.165) is 0 Å². The van der Waals surface area contributed by atoms with Gasteiger partial charge in [-0.25, -0.2) is 0 Å². The average Bonchev–Trinajstić information content (AvgIpc) is 2.50. The minimum atomic E-state index is 0.246. The van der Waals surface area contributed by atoms with Crippen molar-refractivity contribution >= 4 is 15.9 Å². The van der Waals surface area contributed by atoms with Gasteiger partial charge in [-0.3, -0.25) is 4.90 Å². The van der Waals surface area contributed by atoms with Gasteiger partial charge < -0.3 is 0 Å². The summed E-state index contributed by atoms with van der Waals surface area (Å²) >= 11 is 3.68. The molecule has 1 nitrogen and oxygen atoms in total.